The summed E-state index contributed by atoms with van der Waals surface area (Å²) in [6.07, 6.45) is 5.29. The number of nitrogens with one attached hydrogen (secondary N) is 1. The van der Waals surface area contributed by atoms with Crippen LogP contribution in [0.2, 0.25) is 0 Å². The highest BCUT2D eigenvalue weighted by atomic mass is 79.9. The summed E-state index contributed by atoms with van der Waals surface area (Å²) in [6, 6.07) is 7.65. The first kappa shape index (κ1) is 19.7. The Hall–Kier alpha value is -3.58. The van der Waals surface area contributed by atoms with Gasteiger partial charge in [0.2, 0.25) is 5.91 Å². The first-order chi connectivity index (χ1) is 14.5. The first-order valence-electron chi connectivity index (χ1n) is 9.16. The summed E-state index contributed by atoms with van der Waals surface area (Å²) in [5, 5.41) is 20.5. The molecule has 1 N–H and O–H groups in total. The van der Waals surface area contributed by atoms with Gasteiger partial charge in [0.1, 0.15) is 24.3 Å². The van der Waals surface area contributed by atoms with E-state index in [1.807, 2.05) is 32.0 Å². The highest BCUT2D eigenvalue weighted by molar-refractivity contribution is 9.10. The van der Waals surface area contributed by atoms with Crippen LogP contribution < -0.4 is 5.32 Å². The summed E-state index contributed by atoms with van der Waals surface area (Å²) < 4.78 is 4.09. The summed E-state index contributed by atoms with van der Waals surface area (Å²) in [5.74, 6) is -0.133. The van der Waals surface area contributed by atoms with Crippen LogP contribution in [0.5, 0.6) is 0 Å². The van der Waals surface area contributed by atoms with Crippen molar-refractivity contribution in [2.24, 2.45) is 0 Å². The summed E-state index contributed by atoms with van der Waals surface area (Å²) in [5.41, 5.74) is 4.92. The molecule has 1 aromatic carbocycles. The quantitative estimate of drug-likeness (QED) is 0.485. The lowest BCUT2D eigenvalue weighted by atomic mass is 10.1. The molecule has 0 aliphatic rings. The molecule has 30 heavy (non-hydrogen) atoms. The maximum absolute atomic E-state index is 12.7. The van der Waals surface area contributed by atoms with Crippen molar-refractivity contribution in [3.63, 3.8) is 0 Å². The summed E-state index contributed by atoms with van der Waals surface area (Å²) in [6.45, 7) is 3.80. The van der Waals surface area contributed by atoms with Crippen LogP contribution in [-0.4, -0.2) is 35.3 Å². The van der Waals surface area contributed by atoms with Crippen molar-refractivity contribution in [1.82, 2.24) is 29.4 Å². The van der Waals surface area contributed by atoms with E-state index in [9.17, 15) is 10.1 Å². The van der Waals surface area contributed by atoms with Crippen molar-refractivity contribution in [2.75, 3.05) is 5.32 Å². The Kier molecular flexibility index (Phi) is 5.29. The number of nitriles is 1. The zero-order valence-corrected chi connectivity index (χ0v) is 17.9. The molecule has 4 rings (SSSR count). The molecular weight excluding hydrogens is 448 g/mol. The van der Waals surface area contributed by atoms with Crippen LogP contribution >= 0.6 is 15.9 Å². The number of carbonyl (C=O) groups is 1. The van der Waals surface area contributed by atoms with Crippen LogP contribution in [0, 0.1) is 25.2 Å². The van der Waals surface area contributed by atoms with Gasteiger partial charge in [0, 0.05) is 22.3 Å². The minimum Gasteiger partial charge on any atom is -0.324 e. The number of aryl methyl sites for hydroxylation is 2. The number of aromatic nitrogens is 6. The van der Waals surface area contributed by atoms with Gasteiger partial charge in [-0.3, -0.25) is 4.79 Å². The lowest BCUT2D eigenvalue weighted by Crippen LogP contribution is -2.16. The summed E-state index contributed by atoms with van der Waals surface area (Å²) >= 11 is 3.44. The second-order valence-electron chi connectivity index (χ2n) is 6.72. The number of nitrogens with zero attached hydrogens (tertiary/aromatic N) is 7. The van der Waals surface area contributed by atoms with Crippen LogP contribution in [0.1, 0.15) is 28.9 Å². The van der Waals surface area contributed by atoms with E-state index in [4.69, 9.17) is 0 Å². The molecule has 0 atom stereocenters. The van der Waals surface area contributed by atoms with Gasteiger partial charge in [-0.15, -0.1) is 0 Å². The van der Waals surface area contributed by atoms with E-state index in [0.29, 0.717) is 23.3 Å². The summed E-state index contributed by atoms with van der Waals surface area (Å²) in [7, 11) is 0. The van der Waals surface area contributed by atoms with Crippen LogP contribution in [-0.2, 0) is 11.2 Å². The van der Waals surface area contributed by atoms with Gasteiger partial charge in [-0.05, 0) is 44.0 Å². The summed E-state index contributed by atoms with van der Waals surface area (Å²) in [4.78, 5) is 21.2. The third-order valence-electron chi connectivity index (χ3n) is 4.83. The van der Waals surface area contributed by atoms with E-state index in [-0.39, 0.29) is 12.3 Å². The highest BCUT2D eigenvalue weighted by Crippen LogP contribution is 2.25. The van der Waals surface area contributed by atoms with Gasteiger partial charge < -0.3 is 5.32 Å². The average molecular weight is 465 g/mol. The maximum Gasteiger partial charge on any atom is 0.224 e. The van der Waals surface area contributed by atoms with E-state index in [1.165, 1.54) is 12.5 Å². The Morgan fingerprint density at radius 1 is 1.30 bits per heavy atom. The second-order valence-corrected chi connectivity index (χ2v) is 7.63. The van der Waals surface area contributed by atoms with Crippen LogP contribution in [0.3, 0.4) is 0 Å². The van der Waals surface area contributed by atoms with E-state index >= 15 is 0 Å². The molecule has 0 aliphatic carbocycles. The Labute approximate surface area is 180 Å². The van der Waals surface area contributed by atoms with E-state index < -0.39 is 0 Å². The molecule has 1 amide bonds. The topological polar surface area (TPSA) is 114 Å². The normalized spacial score (nSPS) is 10.9. The molecule has 0 fully saturated rings. The third-order valence-corrected chi connectivity index (χ3v) is 5.32. The standard InChI is InChI=1S/C20H17BrN8O/c1-12-16(13(2)29-20(26-12)14(8-22)9-24-29)4-6-19(30)27-17-7-15(21)3-5-18(17)28-11-23-10-25-28/h3,5,7,9-11H,4,6H2,1-2H3,(H,27,30). The van der Waals surface area contributed by atoms with Gasteiger partial charge in [-0.2, -0.15) is 15.5 Å². The number of anilines is 1. The van der Waals surface area contributed by atoms with Gasteiger partial charge in [0.05, 0.1) is 17.6 Å². The minimum atomic E-state index is -0.133. The van der Waals surface area contributed by atoms with Crippen LogP contribution in [0.15, 0.2) is 41.5 Å². The molecule has 3 heterocycles. The van der Waals surface area contributed by atoms with Crippen molar-refractivity contribution in [1.29, 1.82) is 5.26 Å². The second kappa shape index (κ2) is 8.04. The molecular formula is C20H17BrN8O. The lowest BCUT2D eigenvalue weighted by molar-refractivity contribution is -0.116. The molecule has 9 nitrogen and oxygen atoms in total. The number of halogens is 1. The molecule has 10 heteroatoms. The number of hydrogen-bond acceptors (Lipinski definition) is 6. The van der Waals surface area contributed by atoms with Gasteiger partial charge >= 0.3 is 0 Å². The van der Waals surface area contributed by atoms with Gasteiger partial charge in [-0.1, -0.05) is 15.9 Å². The van der Waals surface area contributed by atoms with Crippen LogP contribution in [0.4, 0.5) is 5.69 Å². The third kappa shape index (κ3) is 3.67. The maximum atomic E-state index is 12.7. The number of amides is 1. The largest absolute Gasteiger partial charge is 0.324 e. The fraction of sp³-hybridized carbons (Fsp3) is 0.200. The van der Waals surface area contributed by atoms with Crippen molar-refractivity contribution in [2.45, 2.75) is 26.7 Å². The number of carbonyl (C=O) groups excluding carboxylic acids is 1. The van der Waals surface area contributed by atoms with Gasteiger partial charge in [-0.25, -0.2) is 19.2 Å². The Morgan fingerprint density at radius 2 is 2.13 bits per heavy atom. The number of benzene rings is 1. The van der Waals surface area contributed by atoms with Gasteiger partial charge in [0.25, 0.3) is 0 Å². The fourth-order valence-electron chi connectivity index (χ4n) is 3.34. The van der Waals surface area contributed by atoms with Crippen molar-refractivity contribution in [3.8, 4) is 11.8 Å². The molecule has 3 aromatic heterocycles. The first-order valence-corrected chi connectivity index (χ1v) is 9.95. The van der Waals surface area contributed by atoms with Crippen molar-refractivity contribution in [3.05, 3.63) is 64.0 Å². The highest BCUT2D eigenvalue weighted by Gasteiger charge is 2.16. The monoisotopic (exact) mass is 464 g/mol. The Bertz CT molecular complexity index is 1290. The van der Waals surface area contributed by atoms with E-state index in [1.54, 1.807) is 15.5 Å². The zero-order valence-electron chi connectivity index (χ0n) is 16.3. The molecule has 150 valence electrons. The SMILES string of the molecule is Cc1nc2c(C#N)cnn2c(C)c1CCC(=O)Nc1cc(Br)ccc1-n1cncn1. The average Bonchev–Trinajstić information content (AvgIpc) is 3.38. The predicted octanol–water partition coefficient (Wildman–Crippen LogP) is 3.13. The van der Waals surface area contributed by atoms with Crippen molar-refractivity contribution >= 4 is 33.2 Å². The zero-order chi connectivity index (χ0) is 21.3. The van der Waals surface area contributed by atoms with E-state index in [2.05, 4.69) is 47.5 Å². The fourth-order valence-corrected chi connectivity index (χ4v) is 3.70. The smallest absolute Gasteiger partial charge is 0.224 e. The number of fused-ring (bicyclic) bond motifs is 1. The minimum absolute atomic E-state index is 0.133. The molecule has 0 unspecified atom stereocenters. The molecule has 4 aromatic rings. The van der Waals surface area contributed by atoms with Crippen LogP contribution in [0.25, 0.3) is 11.3 Å². The molecule has 0 aliphatic heterocycles. The van der Waals surface area contributed by atoms with Gasteiger partial charge in [0.15, 0.2) is 5.65 Å². The molecule has 0 saturated carbocycles. The lowest BCUT2D eigenvalue weighted by Gasteiger charge is -2.13. The number of rotatable bonds is 5. The Balaban J connectivity index is 1.54. The van der Waals surface area contributed by atoms with Crippen molar-refractivity contribution < 1.29 is 4.79 Å². The Morgan fingerprint density at radius 3 is 2.87 bits per heavy atom. The molecule has 0 saturated heterocycles. The predicted molar refractivity (Wildman–Crippen MR) is 113 cm³/mol. The molecule has 0 spiro atoms. The molecule has 0 radical (unpaired) electrons. The number of hydrogen-bond donors (Lipinski definition) is 1. The van der Waals surface area contributed by atoms with E-state index in [0.717, 1.165) is 27.1 Å². The molecule has 0 bridgehead atoms.